The maximum absolute atomic E-state index is 13.6. The number of anilines is 2. The number of hydrogen-bond donors (Lipinski definition) is 2. The molecule has 2 atom stereocenters. The topological polar surface area (TPSA) is 126 Å². The normalized spacial score (nSPS) is 26.5. The fourth-order valence-electron chi connectivity index (χ4n) is 11.0. The van der Waals surface area contributed by atoms with Crippen molar-refractivity contribution >= 4 is 44.4 Å². The molecule has 53 heavy (non-hydrogen) atoms. The number of fused-ring (bicyclic) bond motifs is 2. The Morgan fingerprint density at radius 2 is 1.79 bits per heavy atom. The lowest BCUT2D eigenvalue weighted by molar-refractivity contribution is -0.155. The van der Waals surface area contributed by atoms with Gasteiger partial charge in [0.15, 0.2) is 10.8 Å². The quantitative estimate of drug-likeness (QED) is 0.179. The molecule has 4 aliphatic carbocycles. The SMILES string of the molecule is O=C(Nc1nc2ccccc2s1)c1cccc2c1CN(c1ccc(-c3cnn(CC45CC6CC(C4)CC(N4CCOCC4)(C6)C5)c3)c(C(=O)O)n1)CC2. The van der Waals surface area contributed by atoms with E-state index >= 15 is 0 Å². The van der Waals surface area contributed by atoms with Gasteiger partial charge in [0.25, 0.3) is 5.91 Å². The van der Waals surface area contributed by atoms with E-state index in [4.69, 9.17) is 14.8 Å². The first-order valence-electron chi connectivity index (χ1n) is 18.9. The van der Waals surface area contributed by atoms with Gasteiger partial charge in [-0.25, -0.2) is 14.8 Å². The van der Waals surface area contributed by atoms with E-state index in [1.54, 1.807) is 6.20 Å². The molecule has 4 bridgehead atoms. The Balaban J connectivity index is 0.880. The molecule has 11 rings (SSSR count). The van der Waals surface area contributed by atoms with Gasteiger partial charge in [-0.3, -0.25) is 19.7 Å². The maximum Gasteiger partial charge on any atom is 0.355 e. The molecule has 6 aliphatic rings. The van der Waals surface area contributed by atoms with Crippen LogP contribution in [0.2, 0.25) is 0 Å². The predicted molar refractivity (Wildman–Crippen MR) is 203 cm³/mol. The number of ether oxygens (including phenoxy) is 1. The molecule has 5 aromatic rings. The van der Waals surface area contributed by atoms with Crippen LogP contribution in [-0.4, -0.2) is 80.0 Å². The summed E-state index contributed by atoms with van der Waals surface area (Å²) in [6.07, 6.45) is 12.3. The average Bonchev–Trinajstić information content (AvgIpc) is 3.80. The highest BCUT2D eigenvalue weighted by molar-refractivity contribution is 7.22. The molecule has 0 radical (unpaired) electrons. The van der Waals surface area contributed by atoms with Gasteiger partial charge in [-0.1, -0.05) is 35.6 Å². The van der Waals surface area contributed by atoms with E-state index in [-0.39, 0.29) is 22.6 Å². The number of carboxylic acid groups (broad SMARTS) is 1. The number of para-hydroxylation sites is 1. The number of aromatic nitrogens is 4. The molecule has 3 aromatic heterocycles. The van der Waals surface area contributed by atoms with Crippen molar-refractivity contribution in [3.63, 3.8) is 0 Å². The Morgan fingerprint density at radius 3 is 2.60 bits per heavy atom. The summed E-state index contributed by atoms with van der Waals surface area (Å²) in [5.41, 5.74) is 5.32. The number of nitrogens with zero attached hydrogens (tertiary/aromatic N) is 6. The molecular weight excluding hydrogens is 687 g/mol. The first kappa shape index (κ1) is 33.0. The van der Waals surface area contributed by atoms with Crippen LogP contribution in [0, 0.1) is 17.3 Å². The summed E-state index contributed by atoms with van der Waals surface area (Å²) in [6, 6.07) is 17.4. The molecule has 1 amide bonds. The molecular formula is C41H43N7O4S. The number of carboxylic acids is 1. The smallest absolute Gasteiger partial charge is 0.355 e. The van der Waals surface area contributed by atoms with Crippen molar-refractivity contribution in [1.82, 2.24) is 24.6 Å². The van der Waals surface area contributed by atoms with E-state index in [9.17, 15) is 14.7 Å². The minimum atomic E-state index is -1.07. The number of carbonyl (C=O) groups is 2. The van der Waals surface area contributed by atoms with Crippen LogP contribution in [0.25, 0.3) is 21.3 Å². The van der Waals surface area contributed by atoms with Crippen LogP contribution in [0.4, 0.5) is 10.9 Å². The Kier molecular flexibility index (Phi) is 7.92. The highest BCUT2D eigenvalue weighted by atomic mass is 32.1. The highest BCUT2D eigenvalue weighted by Gasteiger charge is 2.59. The molecule has 2 unspecified atom stereocenters. The lowest BCUT2D eigenvalue weighted by Crippen LogP contribution is -2.65. The van der Waals surface area contributed by atoms with E-state index in [0.29, 0.717) is 41.6 Å². The molecule has 2 aromatic carbocycles. The molecule has 4 saturated carbocycles. The molecule has 0 spiro atoms. The zero-order chi connectivity index (χ0) is 35.7. The van der Waals surface area contributed by atoms with Crippen LogP contribution in [0.1, 0.15) is 70.5 Å². The fourth-order valence-corrected chi connectivity index (χ4v) is 11.9. The number of thiazole rings is 1. The van der Waals surface area contributed by atoms with E-state index in [2.05, 4.69) is 30.8 Å². The summed E-state index contributed by atoms with van der Waals surface area (Å²) in [6.45, 7) is 5.71. The lowest BCUT2D eigenvalue weighted by Gasteiger charge is -2.65. The van der Waals surface area contributed by atoms with Gasteiger partial charge in [0, 0.05) is 61.1 Å². The first-order valence-corrected chi connectivity index (χ1v) is 19.8. The van der Waals surface area contributed by atoms with Crippen LogP contribution in [-0.2, 0) is 24.2 Å². The van der Waals surface area contributed by atoms with E-state index < -0.39 is 5.97 Å². The monoisotopic (exact) mass is 729 g/mol. The van der Waals surface area contributed by atoms with Crippen LogP contribution < -0.4 is 10.2 Å². The molecule has 2 aliphatic heterocycles. The number of pyridine rings is 1. The predicted octanol–water partition coefficient (Wildman–Crippen LogP) is 6.74. The summed E-state index contributed by atoms with van der Waals surface area (Å²) < 4.78 is 8.81. The zero-order valence-corrected chi connectivity index (χ0v) is 30.5. The second kappa shape index (κ2) is 12.7. The third kappa shape index (κ3) is 5.91. The molecule has 11 nitrogen and oxygen atoms in total. The van der Waals surface area contributed by atoms with Crippen LogP contribution >= 0.6 is 11.3 Å². The van der Waals surface area contributed by atoms with Gasteiger partial charge >= 0.3 is 5.97 Å². The van der Waals surface area contributed by atoms with Gasteiger partial charge in [0.05, 0.1) is 29.6 Å². The number of amides is 1. The van der Waals surface area contributed by atoms with Gasteiger partial charge in [0.2, 0.25) is 0 Å². The largest absolute Gasteiger partial charge is 0.476 e. The Morgan fingerprint density at radius 1 is 0.962 bits per heavy atom. The van der Waals surface area contributed by atoms with Crippen molar-refractivity contribution in [2.75, 3.05) is 43.1 Å². The fraction of sp³-hybridized carbons (Fsp3) is 0.439. The molecule has 5 fully saturated rings. The first-order chi connectivity index (χ1) is 25.8. The van der Waals surface area contributed by atoms with Crippen molar-refractivity contribution in [3.05, 3.63) is 89.4 Å². The van der Waals surface area contributed by atoms with E-state index in [0.717, 1.165) is 71.6 Å². The summed E-state index contributed by atoms with van der Waals surface area (Å²) in [7, 11) is 0. The Hall–Kier alpha value is -4.65. The molecule has 272 valence electrons. The van der Waals surface area contributed by atoms with Crippen molar-refractivity contribution < 1.29 is 19.4 Å². The summed E-state index contributed by atoms with van der Waals surface area (Å²) >= 11 is 1.45. The Bertz CT molecular complexity index is 2190. The van der Waals surface area contributed by atoms with Gasteiger partial charge in [-0.15, -0.1) is 0 Å². The second-order valence-corrected chi connectivity index (χ2v) is 17.2. The lowest BCUT2D eigenvalue weighted by atomic mass is 9.46. The van der Waals surface area contributed by atoms with Gasteiger partial charge in [-0.2, -0.15) is 5.10 Å². The third-order valence-electron chi connectivity index (χ3n) is 12.7. The van der Waals surface area contributed by atoms with Crippen LogP contribution in [0.5, 0.6) is 0 Å². The number of nitrogens with one attached hydrogen (secondary N) is 1. The standard InChI is InChI=1S/C41H43N7O4S/c49-37(45-39-43-33-6-1-2-7-34(33)53-39)31-5-3-4-28-10-11-46(23-32(28)31)35-9-8-30(36(44-35)38(50)51)29-21-42-48(22-29)25-40-17-26-16-27(18-40)20-41(19-26,24-40)47-12-14-52-15-13-47/h1-9,21-22,26-27H,10-20,23-25H2,(H,50,51)(H,43,45,49). The number of carbonyl (C=O) groups excluding carboxylic acids is 1. The van der Waals surface area contributed by atoms with Crippen molar-refractivity contribution in [3.8, 4) is 11.1 Å². The molecule has 12 heteroatoms. The Labute approximate surface area is 312 Å². The summed E-state index contributed by atoms with van der Waals surface area (Å²) in [5.74, 6) is 0.841. The highest BCUT2D eigenvalue weighted by Crippen LogP contribution is 2.64. The number of morpholine rings is 1. The van der Waals surface area contributed by atoms with Crippen LogP contribution in [0.15, 0.2) is 67.0 Å². The van der Waals surface area contributed by atoms with Crippen LogP contribution in [0.3, 0.4) is 0 Å². The number of hydrogen-bond acceptors (Lipinski definition) is 9. The molecule has 5 heterocycles. The van der Waals surface area contributed by atoms with E-state index in [1.807, 2.05) is 54.7 Å². The van der Waals surface area contributed by atoms with Gasteiger partial charge < -0.3 is 14.7 Å². The number of rotatable bonds is 8. The second-order valence-electron chi connectivity index (χ2n) is 16.1. The molecule has 1 saturated heterocycles. The summed E-state index contributed by atoms with van der Waals surface area (Å²) in [4.78, 5) is 40.4. The minimum Gasteiger partial charge on any atom is -0.476 e. The van der Waals surface area contributed by atoms with Crippen molar-refractivity contribution in [2.24, 2.45) is 17.3 Å². The number of aromatic carboxylic acids is 1. The van der Waals surface area contributed by atoms with Crippen molar-refractivity contribution in [2.45, 2.75) is 63.6 Å². The number of benzene rings is 2. The van der Waals surface area contributed by atoms with E-state index in [1.165, 1.54) is 49.9 Å². The van der Waals surface area contributed by atoms with Gasteiger partial charge in [0.1, 0.15) is 5.82 Å². The maximum atomic E-state index is 13.6. The summed E-state index contributed by atoms with van der Waals surface area (Å²) in [5, 5.41) is 18.8. The third-order valence-corrected chi connectivity index (χ3v) is 13.7. The average molecular weight is 730 g/mol. The minimum absolute atomic E-state index is 0.00999. The zero-order valence-electron chi connectivity index (χ0n) is 29.7. The molecule has 2 N–H and O–H groups in total. The van der Waals surface area contributed by atoms with Gasteiger partial charge in [-0.05, 0) is 104 Å². The van der Waals surface area contributed by atoms with Crippen molar-refractivity contribution in [1.29, 1.82) is 0 Å².